The summed E-state index contributed by atoms with van der Waals surface area (Å²) in [5, 5.41) is 18.0. The van der Waals surface area contributed by atoms with E-state index in [0.29, 0.717) is 25.5 Å². The van der Waals surface area contributed by atoms with Gasteiger partial charge in [-0.05, 0) is 19.1 Å². The topological polar surface area (TPSA) is 80.5 Å². The van der Waals surface area contributed by atoms with Crippen molar-refractivity contribution in [2.24, 2.45) is 0 Å². The summed E-state index contributed by atoms with van der Waals surface area (Å²) in [6, 6.07) is 6.41. The molecule has 7 heteroatoms. The first-order valence-electron chi connectivity index (χ1n) is 7.12. The molecular weight excluding hydrogens is 284 g/mol. The van der Waals surface area contributed by atoms with Crippen LogP contribution in [0, 0.1) is 0 Å². The Morgan fingerprint density at radius 1 is 1.41 bits per heavy atom. The van der Waals surface area contributed by atoms with Crippen molar-refractivity contribution < 1.29 is 14.6 Å². The van der Waals surface area contributed by atoms with Crippen LogP contribution in [0.4, 0.5) is 0 Å². The Morgan fingerprint density at radius 3 is 2.95 bits per heavy atom. The lowest BCUT2D eigenvalue weighted by atomic mass is 10.1. The minimum atomic E-state index is -0.382. The number of phenols is 1. The number of aromatic nitrogens is 3. The van der Waals surface area contributed by atoms with E-state index in [-0.39, 0.29) is 17.7 Å². The molecule has 0 radical (unpaired) electrons. The number of amides is 1. The highest BCUT2D eigenvalue weighted by Gasteiger charge is 2.33. The molecule has 1 amide bonds. The van der Waals surface area contributed by atoms with Crippen molar-refractivity contribution in [3.05, 3.63) is 30.1 Å². The van der Waals surface area contributed by atoms with Crippen LogP contribution in [0.2, 0.25) is 0 Å². The van der Waals surface area contributed by atoms with Gasteiger partial charge in [-0.1, -0.05) is 12.1 Å². The summed E-state index contributed by atoms with van der Waals surface area (Å²) in [6.07, 6.45) is 0. The van der Waals surface area contributed by atoms with Crippen LogP contribution in [-0.2, 0) is 16.1 Å². The molecule has 2 heterocycles. The van der Waals surface area contributed by atoms with Gasteiger partial charge >= 0.3 is 0 Å². The second kappa shape index (κ2) is 5.76. The molecular formula is C15H18N4O3. The number of ether oxygens (including phenoxy) is 1. The van der Waals surface area contributed by atoms with Crippen LogP contribution in [0.25, 0.3) is 11.4 Å². The van der Waals surface area contributed by atoms with Crippen molar-refractivity contribution in [2.75, 3.05) is 20.3 Å². The van der Waals surface area contributed by atoms with Gasteiger partial charge in [0, 0.05) is 19.2 Å². The lowest BCUT2D eigenvalue weighted by molar-refractivity contribution is -0.137. The summed E-state index contributed by atoms with van der Waals surface area (Å²) in [5.41, 5.74) is 0.740. The third kappa shape index (κ3) is 2.43. The largest absolute Gasteiger partial charge is 0.508 e. The average molecular weight is 302 g/mol. The number of rotatable bonds is 4. The van der Waals surface area contributed by atoms with Gasteiger partial charge in [0.1, 0.15) is 11.8 Å². The SMILES string of the molecule is COCCN1Cc2nnc(-c3cccc(O)c3)n2[C@@H](C)C1=O. The number of fused-ring (bicyclic) bond motifs is 1. The number of aromatic hydroxyl groups is 1. The maximum atomic E-state index is 12.5. The maximum absolute atomic E-state index is 12.5. The predicted octanol–water partition coefficient (Wildman–Crippen LogP) is 1.20. The van der Waals surface area contributed by atoms with Crippen LogP contribution in [-0.4, -0.2) is 50.9 Å². The summed E-state index contributed by atoms with van der Waals surface area (Å²) in [6.45, 7) is 3.28. The quantitative estimate of drug-likeness (QED) is 0.918. The maximum Gasteiger partial charge on any atom is 0.245 e. The molecule has 1 aliphatic rings. The number of carbonyl (C=O) groups is 1. The average Bonchev–Trinajstić information content (AvgIpc) is 2.93. The highest BCUT2D eigenvalue weighted by atomic mass is 16.5. The third-order valence-corrected chi connectivity index (χ3v) is 3.82. The van der Waals surface area contributed by atoms with Gasteiger partial charge in [-0.2, -0.15) is 0 Å². The smallest absolute Gasteiger partial charge is 0.245 e. The van der Waals surface area contributed by atoms with E-state index < -0.39 is 0 Å². The second-order valence-corrected chi connectivity index (χ2v) is 5.29. The van der Waals surface area contributed by atoms with Crippen molar-refractivity contribution in [1.82, 2.24) is 19.7 Å². The molecule has 0 spiro atoms. The van der Waals surface area contributed by atoms with Crippen LogP contribution < -0.4 is 0 Å². The van der Waals surface area contributed by atoms with Crippen LogP contribution in [0.15, 0.2) is 24.3 Å². The fourth-order valence-corrected chi connectivity index (χ4v) is 2.69. The number of hydrogen-bond acceptors (Lipinski definition) is 5. The molecule has 0 saturated carbocycles. The molecule has 3 rings (SSSR count). The Kier molecular flexibility index (Phi) is 3.81. The van der Waals surface area contributed by atoms with Crippen molar-refractivity contribution >= 4 is 5.91 Å². The van der Waals surface area contributed by atoms with E-state index in [2.05, 4.69) is 10.2 Å². The van der Waals surface area contributed by atoms with Crippen molar-refractivity contribution in [3.63, 3.8) is 0 Å². The standard InChI is InChI=1S/C15H18N4O3/c1-10-15(21)18(6-7-22-2)9-13-16-17-14(19(10)13)11-4-3-5-12(20)8-11/h3-5,8,10,20H,6-7,9H2,1-2H3/t10-/m0/s1. The van der Waals surface area contributed by atoms with Crippen LogP contribution >= 0.6 is 0 Å². The Hall–Kier alpha value is -2.41. The van der Waals surface area contributed by atoms with E-state index in [1.54, 1.807) is 30.2 Å². The molecule has 22 heavy (non-hydrogen) atoms. The number of carbonyl (C=O) groups excluding carboxylic acids is 1. The van der Waals surface area contributed by atoms with Gasteiger partial charge in [0.25, 0.3) is 0 Å². The Morgan fingerprint density at radius 2 is 2.23 bits per heavy atom. The van der Waals surface area contributed by atoms with Gasteiger partial charge in [0.2, 0.25) is 5.91 Å². The second-order valence-electron chi connectivity index (χ2n) is 5.29. The molecule has 2 aromatic rings. The van der Waals surface area contributed by atoms with Crippen LogP contribution in [0.3, 0.4) is 0 Å². The molecule has 1 aromatic carbocycles. The van der Waals surface area contributed by atoms with Crippen LogP contribution in [0.1, 0.15) is 18.8 Å². The fraction of sp³-hybridized carbons (Fsp3) is 0.400. The number of phenolic OH excluding ortho intramolecular Hbond substituents is 1. The van der Waals surface area contributed by atoms with Gasteiger partial charge in [-0.15, -0.1) is 10.2 Å². The van der Waals surface area contributed by atoms with Crippen molar-refractivity contribution in [3.8, 4) is 17.1 Å². The highest BCUT2D eigenvalue weighted by Crippen LogP contribution is 2.29. The molecule has 0 fully saturated rings. The van der Waals surface area contributed by atoms with Crippen molar-refractivity contribution in [1.29, 1.82) is 0 Å². The summed E-state index contributed by atoms with van der Waals surface area (Å²) >= 11 is 0. The zero-order chi connectivity index (χ0) is 15.7. The zero-order valence-corrected chi connectivity index (χ0v) is 12.6. The summed E-state index contributed by atoms with van der Waals surface area (Å²) in [5.74, 6) is 1.51. The monoisotopic (exact) mass is 302 g/mol. The number of hydrogen-bond donors (Lipinski definition) is 1. The summed E-state index contributed by atoms with van der Waals surface area (Å²) < 4.78 is 6.87. The van der Waals surface area contributed by atoms with E-state index in [1.807, 2.05) is 17.6 Å². The van der Waals surface area contributed by atoms with E-state index in [4.69, 9.17) is 4.74 Å². The molecule has 0 bridgehead atoms. The van der Waals surface area contributed by atoms with Gasteiger partial charge in [0.05, 0.1) is 13.2 Å². The first-order valence-corrected chi connectivity index (χ1v) is 7.12. The molecule has 0 unspecified atom stereocenters. The summed E-state index contributed by atoms with van der Waals surface area (Å²) in [7, 11) is 1.61. The van der Waals surface area contributed by atoms with Crippen LogP contribution in [0.5, 0.6) is 5.75 Å². The number of benzene rings is 1. The van der Waals surface area contributed by atoms with E-state index in [1.165, 1.54) is 0 Å². The molecule has 0 aliphatic carbocycles. The van der Waals surface area contributed by atoms with E-state index >= 15 is 0 Å². The first kappa shape index (κ1) is 14.5. The number of nitrogens with zero attached hydrogens (tertiary/aromatic N) is 4. The third-order valence-electron chi connectivity index (χ3n) is 3.82. The van der Waals surface area contributed by atoms with Gasteiger partial charge in [0.15, 0.2) is 11.6 Å². The minimum absolute atomic E-state index is 0.0192. The molecule has 1 aliphatic heterocycles. The molecule has 7 nitrogen and oxygen atoms in total. The van der Waals surface area contributed by atoms with E-state index in [9.17, 15) is 9.90 Å². The van der Waals surface area contributed by atoms with Gasteiger partial charge in [-0.25, -0.2) is 0 Å². The molecule has 1 aromatic heterocycles. The normalized spacial score (nSPS) is 17.6. The number of methoxy groups -OCH3 is 1. The molecule has 116 valence electrons. The Labute approximate surface area is 128 Å². The zero-order valence-electron chi connectivity index (χ0n) is 12.6. The minimum Gasteiger partial charge on any atom is -0.508 e. The first-order chi connectivity index (χ1) is 10.6. The van der Waals surface area contributed by atoms with Gasteiger partial charge in [-0.3, -0.25) is 9.36 Å². The van der Waals surface area contributed by atoms with Gasteiger partial charge < -0.3 is 14.7 Å². The summed E-state index contributed by atoms with van der Waals surface area (Å²) in [4.78, 5) is 14.2. The molecule has 1 atom stereocenters. The fourth-order valence-electron chi connectivity index (χ4n) is 2.69. The lowest BCUT2D eigenvalue weighted by Crippen LogP contribution is -2.43. The Bertz CT molecular complexity index is 698. The van der Waals surface area contributed by atoms with Crippen molar-refractivity contribution in [2.45, 2.75) is 19.5 Å². The molecule has 0 saturated heterocycles. The Balaban J connectivity index is 1.97. The van der Waals surface area contributed by atoms with E-state index in [0.717, 1.165) is 11.4 Å². The lowest BCUT2D eigenvalue weighted by Gasteiger charge is -2.31. The predicted molar refractivity (Wildman–Crippen MR) is 79.1 cm³/mol. The highest BCUT2D eigenvalue weighted by molar-refractivity contribution is 5.82. The molecule has 1 N–H and O–H groups in total.